The lowest BCUT2D eigenvalue weighted by atomic mass is 10.1. The van der Waals surface area contributed by atoms with Crippen molar-refractivity contribution in [1.29, 1.82) is 0 Å². The van der Waals surface area contributed by atoms with Crippen molar-refractivity contribution in [2.75, 3.05) is 0 Å². The second-order valence-electron chi connectivity index (χ2n) is 4.64. The zero-order valence-electron chi connectivity index (χ0n) is 9.47. The van der Waals surface area contributed by atoms with E-state index in [1.165, 1.54) is 25.7 Å². The first-order valence-electron chi connectivity index (χ1n) is 5.96. The molecule has 1 saturated carbocycles. The summed E-state index contributed by atoms with van der Waals surface area (Å²) in [6.45, 7) is 2.19. The molecule has 1 aliphatic rings. The van der Waals surface area contributed by atoms with Gasteiger partial charge < -0.3 is 0 Å². The van der Waals surface area contributed by atoms with Gasteiger partial charge in [0.1, 0.15) is 0 Å². The third-order valence-corrected chi connectivity index (χ3v) is 5.94. The Morgan fingerprint density at radius 3 is 2.07 bits per heavy atom. The lowest BCUT2D eigenvalue weighted by Crippen LogP contribution is -2.17. The largest absolute Gasteiger partial charge is 0.238 e. The highest BCUT2D eigenvalue weighted by atomic mass is 35.7. The van der Waals surface area contributed by atoms with Gasteiger partial charge in [0.2, 0.25) is 9.05 Å². The van der Waals surface area contributed by atoms with Gasteiger partial charge in [0.05, 0.1) is 4.75 Å². The van der Waals surface area contributed by atoms with E-state index in [1.54, 1.807) is 0 Å². The molecule has 0 radical (unpaired) electrons. The van der Waals surface area contributed by atoms with Crippen LogP contribution >= 0.6 is 10.7 Å². The molecule has 2 nitrogen and oxygen atoms in total. The van der Waals surface area contributed by atoms with Crippen molar-refractivity contribution in [3.8, 4) is 0 Å². The van der Waals surface area contributed by atoms with E-state index in [0.29, 0.717) is 0 Å². The summed E-state index contributed by atoms with van der Waals surface area (Å²) >= 11 is 0. The predicted molar refractivity (Wildman–Crippen MR) is 64.7 cm³/mol. The Morgan fingerprint density at radius 1 is 1.07 bits per heavy atom. The number of rotatable bonds is 8. The average Bonchev–Trinajstić information content (AvgIpc) is 2.91. The van der Waals surface area contributed by atoms with Crippen LogP contribution in [0, 0.1) is 0 Å². The molecular weight excluding hydrogens is 232 g/mol. The minimum atomic E-state index is -3.32. The molecule has 0 aliphatic heterocycles. The lowest BCUT2D eigenvalue weighted by Gasteiger charge is -2.10. The standard InChI is InChI=1S/C11H21ClO2S/c1-2-3-4-5-6-7-8-11(9-10-11)15(12,13)14/h2-10H2,1H3. The molecule has 0 aromatic carbocycles. The van der Waals surface area contributed by atoms with E-state index in [-0.39, 0.29) is 0 Å². The van der Waals surface area contributed by atoms with Crippen molar-refractivity contribution in [2.24, 2.45) is 0 Å². The zero-order valence-corrected chi connectivity index (χ0v) is 11.0. The van der Waals surface area contributed by atoms with E-state index in [2.05, 4.69) is 6.92 Å². The van der Waals surface area contributed by atoms with Crippen LogP contribution < -0.4 is 0 Å². The molecule has 0 heterocycles. The number of hydrogen-bond acceptors (Lipinski definition) is 2. The highest BCUT2D eigenvalue weighted by molar-refractivity contribution is 8.15. The molecule has 15 heavy (non-hydrogen) atoms. The molecule has 0 aromatic rings. The molecule has 0 bridgehead atoms. The summed E-state index contributed by atoms with van der Waals surface area (Å²) in [7, 11) is 2.11. The van der Waals surface area contributed by atoms with Gasteiger partial charge in [-0.1, -0.05) is 45.4 Å². The fourth-order valence-corrected chi connectivity index (χ4v) is 3.65. The molecule has 0 atom stereocenters. The van der Waals surface area contributed by atoms with Gasteiger partial charge >= 0.3 is 0 Å². The highest BCUT2D eigenvalue weighted by Gasteiger charge is 2.52. The summed E-state index contributed by atoms with van der Waals surface area (Å²) in [6.07, 6.45) is 9.51. The first kappa shape index (κ1) is 13.3. The van der Waals surface area contributed by atoms with Gasteiger partial charge in [-0.05, 0) is 19.3 Å². The Balaban J connectivity index is 2.11. The first-order valence-corrected chi connectivity index (χ1v) is 8.27. The van der Waals surface area contributed by atoms with Crippen LogP contribution in [0.1, 0.15) is 64.7 Å². The molecule has 1 fully saturated rings. The van der Waals surface area contributed by atoms with Crippen LogP contribution in [0.4, 0.5) is 0 Å². The molecular formula is C11H21ClO2S. The molecule has 90 valence electrons. The van der Waals surface area contributed by atoms with E-state index in [0.717, 1.165) is 32.1 Å². The third-order valence-electron chi connectivity index (χ3n) is 3.31. The van der Waals surface area contributed by atoms with Crippen LogP contribution in [-0.2, 0) is 9.05 Å². The zero-order chi connectivity index (χ0) is 11.4. The average molecular weight is 253 g/mol. The maximum Gasteiger partial charge on any atom is 0.238 e. The molecule has 0 saturated heterocycles. The Bertz CT molecular complexity index is 281. The SMILES string of the molecule is CCCCCCCCC1(S(=O)(=O)Cl)CC1. The first-order chi connectivity index (χ1) is 7.02. The van der Waals surface area contributed by atoms with E-state index < -0.39 is 13.8 Å². The van der Waals surface area contributed by atoms with Crippen LogP contribution in [0.15, 0.2) is 0 Å². The molecule has 0 spiro atoms. The lowest BCUT2D eigenvalue weighted by molar-refractivity contribution is 0.550. The van der Waals surface area contributed by atoms with E-state index in [1.807, 2.05) is 0 Å². The second-order valence-corrected chi connectivity index (χ2v) is 7.60. The fraction of sp³-hybridized carbons (Fsp3) is 1.00. The van der Waals surface area contributed by atoms with Crippen molar-refractivity contribution in [3.05, 3.63) is 0 Å². The van der Waals surface area contributed by atoms with Crippen molar-refractivity contribution < 1.29 is 8.42 Å². The summed E-state index contributed by atoms with van der Waals surface area (Å²) in [5, 5.41) is 0. The monoisotopic (exact) mass is 252 g/mol. The molecule has 0 amide bonds. The van der Waals surface area contributed by atoms with Crippen LogP contribution in [0.2, 0.25) is 0 Å². The number of hydrogen-bond donors (Lipinski definition) is 0. The predicted octanol–water partition coefficient (Wildman–Crippen LogP) is 3.84. The normalized spacial score (nSPS) is 19.1. The molecule has 0 unspecified atom stereocenters. The van der Waals surface area contributed by atoms with Gasteiger partial charge in [0, 0.05) is 10.7 Å². The summed E-state index contributed by atoms with van der Waals surface area (Å²) in [6, 6.07) is 0. The van der Waals surface area contributed by atoms with Crippen LogP contribution in [0.3, 0.4) is 0 Å². The van der Waals surface area contributed by atoms with Gasteiger partial charge in [-0.3, -0.25) is 0 Å². The minimum absolute atomic E-state index is 0.528. The van der Waals surface area contributed by atoms with Crippen molar-refractivity contribution in [2.45, 2.75) is 69.5 Å². The number of unbranched alkanes of at least 4 members (excludes halogenated alkanes) is 5. The number of halogens is 1. The molecule has 1 aliphatic carbocycles. The summed E-state index contributed by atoms with van der Waals surface area (Å²) in [5.74, 6) is 0. The summed E-state index contributed by atoms with van der Waals surface area (Å²) in [4.78, 5) is 0. The van der Waals surface area contributed by atoms with Crippen LogP contribution in [0.5, 0.6) is 0 Å². The summed E-state index contributed by atoms with van der Waals surface area (Å²) < 4.78 is 22.0. The van der Waals surface area contributed by atoms with Crippen LogP contribution in [0.25, 0.3) is 0 Å². The summed E-state index contributed by atoms with van der Waals surface area (Å²) in [5.41, 5.74) is 0. The van der Waals surface area contributed by atoms with Gasteiger partial charge in [-0.25, -0.2) is 8.42 Å². The Kier molecular flexibility index (Phi) is 4.91. The highest BCUT2D eigenvalue weighted by Crippen LogP contribution is 2.49. The van der Waals surface area contributed by atoms with E-state index in [4.69, 9.17) is 10.7 Å². The maximum absolute atomic E-state index is 11.2. The van der Waals surface area contributed by atoms with Crippen molar-refractivity contribution in [3.63, 3.8) is 0 Å². The van der Waals surface area contributed by atoms with E-state index >= 15 is 0 Å². The van der Waals surface area contributed by atoms with Crippen molar-refractivity contribution in [1.82, 2.24) is 0 Å². The third kappa shape index (κ3) is 3.95. The maximum atomic E-state index is 11.2. The molecule has 0 aromatic heterocycles. The van der Waals surface area contributed by atoms with Crippen molar-refractivity contribution >= 4 is 19.7 Å². The van der Waals surface area contributed by atoms with Gasteiger partial charge in [-0.2, -0.15) is 0 Å². The molecule has 4 heteroatoms. The molecule has 0 N–H and O–H groups in total. The van der Waals surface area contributed by atoms with Gasteiger partial charge in [0.15, 0.2) is 0 Å². The topological polar surface area (TPSA) is 34.1 Å². The minimum Gasteiger partial charge on any atom is -0.212 e. The smallest absolute Gasteiger partial charge is 0.212 e. The van der Waals surface area contributed by atoms with E-state index in [9.17, 15) is 8.42 Å². The Hall–Kier alpha value is 0.240. The Labute approximate surface area is 97.8 Å². The van der Waals surface area contributed by atoms with Gasteiger partial charge in [-0.15, -0.1) is 0 Å². The fourth-order valence-electron chi connectivity index (χ4n) is 1.98. The quantitative estimate of drug-likeness (QED) is 0.486. The molecule has 1 rings (SSSR count). The van der Waals surface area contributed by atoms with Crippen LogP contribution in [-0.4, -0.2) is 13.2 Å². The Morgan fingerprint density at radius 2 is 1.60 bits per heavy atom. The van der Waals surface area contributed by atoms with Gasteiger partial charge in [0.25, 0.3) is 0 Å². The second kappa shape index (κ2) is 5.53.